The van der Waals surface area contributed by atoms with E-state index in [4.69, 9.17) is 4.74 Å². The Morgan fingerprint density at radius 3 is 2.64 bits per heavy atom. The van der Waals surface area contributed by atoms with Crippen molar-refractivity contribution < 1.29 is 21.2 Å². The van der Waals surface area contributed by atoms with Gasteiger partial charge in [-0.2, -0.15) is 13.7 Å². The first-order chi connectivity index (χ1) is 18.8. The molecule has 0 atom stereocenters. The number of methoxy groups -OCH3 is 1. The molecule has 0 saturated carbocycles. The molecule has 1 fully saturated rings. The van der Waals surface area contributed by atoms with Crippen LogP contribution < -0.4 is 19.7 Å². The molecule has 0 spiro atoms. The van der Waals surface area contributed by atoms with Crippen molar-refractivity contribution in [3.05, 3.63) is 64.6 Å². The summed E-state index contributed by atoms with van der Waals surface area (Å²) in [5.74, 6) is 0.0525. The number of pyridine rings is 2. The van der Waals surface area contributed by atoms with Crippen LogP contribution in [0.2, 0.25) is 0 Å². The third-order valence-corrected chi connectivity index (χ3v) is 7.48. The fourth-order valence-corrected chi connectivity index (χ4v) is 5.75. The lowest BCUT2D eigenvalue weighted by molar-refractivity contribution is 0.381. The molecule has 5 aromatic rings. The second-order valence-corrected chi connectivity index (χ2v) is 10.3. The van der Waals surface area contributed by atoms with Gasteiger partial charge in [0.1, 0.15) is 11.4 Å². The van der Waals surface area contributed by atoms with E-state index in [9.17, 15) is 22.4 Å². The molecule has 198 valence electrons. The average Bonchev–Trinajstić information content (AvgIpc) is 3.31. The van der Waals surface area contributed by atoms with Crippen LogP contribution in [0.4, 0.5) is 3.89 Å². The fraction of sp³-hybridized carbons (Fsp3) is 0.222. The van der Waals surface area contributed by atoms with Gasteiger partial charge < -0.3 is 23.8 Å². The van der Waals surface area contributed by atoms with Crippen molar-refractivity contribution >= 4 is 43.3 Å². The molecule has 2 aromatic carbocycles. The topological polar surface area (TPSA) is 139 Å². The van der Waals surface area contributed by atoms with Crippen molar-refractivity contribution in [1.29, 1.82) is 5.26 Å². The van der Waals surface area contributed by atoms with Gasteiger partial charge in [0.25, 0.3) is 0 Å². The highest BCUT2D eigenvalue weighted by atomic mass is 32.3. The molecule has 12 heteroatoms. The Morgan fingerprint density at radius 1 is 1.13 bits per heavy atom. The number of nitriles is 1. The van der Waals surface area contributed by atoms with Crippen molar-refractivity contribution in [3.63, 3.8) is 0 Å². The van der Waals surface area contributed by atoms with Crippen LogP contribution in [0.5, 0.6) is 11.5 Å². The largest absolute Gasteiger partial charge is 0.496 e. The van der Waals surface area contributed by atoms with Crippen LogP contribution in [0.3, 0.4) is 0 Å². The van der Waals surface area contributed by atoms with E-state index in [2.05, 4.69) is 30.1 Å². The Labute approximate surface area is 222 Å². The first kappa shape index (κ1) is 24.8. The van der Waals surface area contributed by atoms with Gasteiger partial charge in [0.2, 0.25) is 0 Å². The summed E-state index contributed by atoms with van der Waals surface area (Å²) in [5, 5.41) is 14.5. The van der Waals surface area contributed by atoms with Gasteiger partial charge in [0.05, 0.1) is 41.2 Å². The molecule has 1 aliphatic heterocycles. The molecule has 3 aromatic heterocycles. The Hall–Kier alpha value is -4.47. The van der Waals surface area contributed by atoms with E-state index in [0.717, 1.165) is 37.5 Å². The highest BCUT2D eigenvalue weighted by Gasteiger charge is 2.25. The van der Waals surface area contributed by atoms with Crippen LogP contribution >= 0.6 is 0 Å². The predicted molar refractivity (Wildman–Crippen MR) is 144 cm³/mol. The van der Waals surface area contributed by atoms with Crippen molar-refractivity contribution in [3.8, 4) is 28.7 Å². The number of piperidine rings is 1. The first-order valence-corrected chi connectivity index (χ1v) is 13.5. The zero-order chi connectivity index (χ0) is 27.3. The Kier molecular flexibility index (Phi) is 5.97. The summed E-state index contributed by atoms with van der Waals surface area (Å²) >= 11 is 0. The second-order valence-electron chi connectivity index (χ2n) is 9.36. The molecule has 0 radical (unpaired) electrons. The van der Waals surface area contributed by atoms with Gasteiger partial charge in [0, 0.05) is 34.3 Å². The summed E-state index contributed by atoms with van der Waals surface area (Å²) in [6.45, 7) is 1.62. The zero-order valence-electron chi connectivity index (χ0n) is 20.7. The van der Waals surface area contributed by atoms with Crippen LogP contribution in [-0.4, -0.2) is 43.2 Å². The minimum atomic E-state index is -5.24. The van der Waals surface area contributed by atoms with Gasteiger partial charge in [-0.3, -0.25) is 9.78 Å². The zero-order valence-corrected chi connectivity index (χ0v) is 21.5. The monoisotopic (exact) mass is 547 g/mol. The van der Waals surface area contributed by atoms with Crippen LogP contribution in [0.1, 0.15) is 24.4 Å². The van der Waals surface area contributed by atoms with Crippen molar-refractivity contribution in [1.82, 2.24) is 19.9 Å². The van der Waals surface area contributed by atoms with Crippen molar-refractivity contribution in [2.75, 3.05) is 20.2 Å². The number of hydrogen-bond donors (Lipinski definition) is 2. The van der Waals surface area contributed by atoms with Gasteiger partial charge in [-0.25, -0.2) is 0 Å². The SMILES string of the molecule is COc1cc2c(=O)c3c4ccc(C#N)cc4[nH]c3n(C3CCNCC3)c2cc1-c1cncc(OS(=O)(=O)F)c1. The van der Waals surface area contributed by atoms with E-state index >= 15 is 0 Å². The van der Waals surface area contributed by atoms with Gasteiger partial charge in [-0.1, -0.05) is 9.95 Å². The maximum absolute atomic E-state index is 14.0. The highest BCUT2D eigenvalue weighted by Crippen LogP contribution is 2.38. The van der Waals surface area contributed by atoms with E-state index in [1.54, 1.807) is 30.3 Å². The summed E-state index contributed by atoms with van der Waals surface area (Å²) in [4.78, 5) is 21.4. The molecule has 4 heterocycles. The number of nitrogens with zero attached hydrogens (tertiary/aromatic N) is 3. The molecule has 39 heavy (non-hydrogen) atoms. The Balaban J connectivity index is 1.69. The number of aromatic nitrogens is 3. The van der Waals surface area contributed by atoms with Crippen LogP contribution in [0.25, 0.3) is 44.0 Å². The van der Waals surface area contributed by atoms with Crippen molar-refractivity contribution in [2.24, 2.45) is 0 Å². The molecule has 6 rings (SSSR count). The van der Waals surface area contributed by atoms with Gasteiger partial charge in [0.15, 0.2) is 11.2 Å². The Bertz CT molecular complexity index is 1990. The summed E-state index contributed by atoms with van der Waals surface area (Å²) in [5.41, 5.74) is 3.20. The predicted octanol–water partition coefficient (Wildman–Crippen LogP) is 4.10. The molecule has 1 aliphatic rings. The molecule has 1 saturated heterocycles. The van der Waals surface area contributed by atoms with E-state index in [-0.39, 0.29) is 17.2 Å². The first-order valence-electron chi connectivity index (χ1n) is 12.2. The lowest BCUT2D eigenvalue weighted by Crippen LogP contribution is -2.30. The Morgan fingerprint density at radius 2 is 1.92 bits per heavy atom. The van der Waals surface area contributed by atoms with Gasteiger partial charge >= 0.3 is 10.5 Å². The molecule has 0 aliphatic carbocycles. The molecule has 0 amide bonds. The quantitative estimate of drug-likeness (QED) is 0.314. The van der Waals surface area contributed by atoms with E-state index < -0.39 is 10.5 Å². The lowest BCUT2D eigenvalue weighted by Gasteiger charge is -2.28. The third-order valence-electron chi connectivity index (χ3n) is 7.09. The number of H-pyrrole nitrogens is 1. The van der Waals surface area contributed by atoms with Crippen molar-refractivity contribution in [2.45, 2.75) is 18.9 Å². The lowest BCUT2D eigenvalue weighted by atomic mass is 9.99. The van der Waals surface area contributed by atoms with E-state index in [0.29, 0.717) is 49.9 Å². The minimum Gasteiger partial charge on any atom is -0.496 e. The fourth-order valence-electron chi connectivity index (χ4n) is 5.43. The van der Waals surface area contributed by atoms with E-state index in [1.807, 2.05) is 0 Å². The number of rotatable bonds is 5. The summed E-state index contributed by atoms with van der Waals surface area (Å²) in [6.07, 6.45) is 4.21. The number of halogens is 1. The third kappa shape index (κ3) is 4.35. The molecule has 10 nitrogen and oxygen atoms in total. The van der Waals surface area contributed by atoms with E-state index in [1.165, 1.54) is 19.4 Å². The maximum Gasteiger partial charge on any atom is 0.488 e. The normalized spacial score (nSPS) is 14.6. The number of fused-ring (bicyclic) bond motifs is 4. The highest BCUT2D eigenvalue weighted by molar-refractivity contribution is 7.81. The van der Waals surface area contributed by atoms with Crippen LogP contribution in [0, 0.1) is 11.3 Å². The molecule has 2 N–H and O–H groups in total. The standard InChI is InChI=1S/C27H22FN5O5S/c1-37-24-11-21-23(10-20(24)16-9-18(14-31-13-16)38-39(28,35)36)33(17-4-6-30-7-5-17)27-25(26(21)34)19-3-2-15(12-29)8-22(19)32-27/h2-3,8-11,13-14,17,30,32H,4-7H2,1H3. The summed E-state index contributed by atoms with van der Waals surface area (Å²) in [6, 6.07) is 12.2. The number of aromatic amines is 1. The molecular formula is C27H22FN5O5S. The van der Waals surface area contributed by atoms with Gasteiger partial charge in [-0.15, -0.1) is 0 Å². The summed E-state index contributed by atoms with van der Waals surface area (Å²) in [7, 11) is -3.78. The molecule has 0 bridgehead atoms. The van der Waals surface area contributed by atoms with Gasteiger partial charge in [-0.05, 0) is 56.3 Å². The average molecular weight is 548 g/mol. The molecule has 0 unspecified atom stereocenters. The van der Waals surface area contributed by atoms with Crippen LogP contribution in [-0.2, 0) is 10.5 Å². The number of ether oxygens (including phenoxy) is 1. The smallest absolute Gasteiger partial charge is 0.488 e. The number of hydrogen-bond acceptors (Lipinski definition) is 8. The number of nitrogens with one attached hydrogen (secondary N) is 2. The van der Waals surface area contributed by atoms with Crippen LogP contribution in [0.15, 0.2) is 53.6 Å². The summed E-state index contributed by atoms with van der Waals surface area (Å²) < 4.78 is 47.4. The number of benzene rings is 2. The maximum atomic E-state index is 14.0. The molecular weight excluding hydrogens is 525 g/mol. The minimum absolute atomic E-state index is 0.0612. The second kappa shape index (κ2) is 9.37.